The molecule has 3 aromatic rings. The second-order valence-electron chi connectivity index (χ2n) is 10.5. The van der Waals surface area contributed by atoms with E-state index in [0.29, 0.717) is 53.9 Å². The number of hydrogen-bond acceptors (Lipinski definition) is 10. The summed E-state index contributed by atoms with van der Waals surface area (Å²) in [6, 6.07) is 10.7. The number of aliphatic hydroxyl groups excluding tert-OH is 1. The van der Waals surface area contributed by atoms with Gasteiger partial charge in [-0.15, -0.1) is 0 Å². The number of benzene rings is 2. The van der Waals surface area contributed by atoms with E-state index in [4.69, 9.17) is 18.9 Å². The van der Waals surface area contributed by atoms with Gasteiger partial charge in [0.05, 0.1) is 37.1 Å². The van der Waals surface area contributed by atoms with E-state index in [0.717, 1.165) is 37.0 Å². The van der Waals surface area contributed by atoms with Crippen LogP contribution in [-0.4, -0.2) is 54.2 Å². The Bertz CT molecular complexity index is 1590. The average molecular weight is 649 g/mol. The van der Waals surface area contributed by atoms with Gasteiger partial charge in [0, 0.05) is 5.56 Å². The first kappa shape index (κ1) is 34.2. The fourth-order valence-electron chi connectivity index (χ4n) is 4.92. The van der Waals surface area contributed by atoms with E-state index < -0.39 is 23.7 Å². The molecule has 1 saturated heterocycles. The Labute approximate surface area is 273 Å². The molecule has 1 amide bonds. The van der Waals surface area contributed by atoms with Crippen LogP contribution in [0.4, 0.5) is 5.13 Å². The molecule has 0 bridgehead atoms. The van der Waals surface area contributed by atoms with Crippen LogP contribution in [0, 0.1) is 6.92 Å². The predicted molar refractivity (Wildman–Crippen MR) is 177 cm³/mol. The standard InChI is InChI=1S/C35H40N2O8S/c1-6-10-11-20-44-26-17-14-24(21-27(26)42-9-4)29-28(30(38)23-12-15-25(16-13-23)43-18-7-2)31(39)33(40)37(29)35-36-22(5)32(46-35)34(41)45-19-8-3/h8,12-17,21,29,38H,3,6-7,9-11,18-20H2,1-2,4-5H3/b30-28+. The van der Waals surface area contributed by atoms with E-state index in [2.05, 4.69) is 18.5 Å². The molecule has 2 heterocycles. The van der Waals surface area contributed by atoms with E-state index in [1.54, 1.807) is 49.4 Å². The molecular weight excluding hydrogens is 608 g/mol. The Morgan fingerprint density at radius 3 is 2.43 bits per heavy atom. The van der Waals surface area contributed by atoms with Crippen LogP contribution in [-0.2, 0) is 14.3 Å². The number of carbonyl (C=O) groups excluding carboxylic acids is 3. The van der Waals surface area contributed by atoms with Gasteiger partial charge in [0.15, 0.2) is 16.6 Å². The number of thiazole rings is 1. The molecule has 1 aliphatic heterocycles. The van der Waals surface area contributed by atoms with Crippen molar-refractivity contribution >= 4 is 39.9 Å². The third kappa shape index (κ3) is 7.59. The highest BCUT2D eigenvalue weighted by Crippen LogP contribution is 2.45. The molecule has 1 fully saturated rings. The van der Waals surface area contributed by atoms with Crippen molar-refractivity contribution in [2.45, 2.75) is 59.4 Å². The molecule has 0 radical (unpaired) electrons. The number of rotatable bonds is 16. The van der Waals surface area contributed by atoms with E-state index in [1.165, 1.54) is 11.0 Å². The second kappa shape index (κ2) is 16.1. The Morgan fingerprint density at radius 1 is 1.00 bits per heavy atom. The minimum Gasteiger partial charge on any atom is -0.507 e. The van der Waals surface area contributed by atoms with Gasteiger partial charge >= 0.3 is 11.9 Å². The lowest BCUT2D eigenvalue weighted by Crippen LogP contribution is -2.29. The number of aliphatic hydroxyl groups is 1. The maximum Gasteiger partial charge on any atom is 0.350 e. The number of esters is 1. The van der Waals surface area contributed by atoms with Gasteiger partial charge in [0.25, 0.3) is 5.78 Å². The van der Waals surface area contributed by atoms with Crippen molar-refractivity contribution in [3.05, 3.63) is 82.4 Å². The van der Waals surface area contributed by atoms with Crippen LogP contribution in [0.15, 0.2) is 60.7 Å². The average Bonchev–Trinajstić information content (AvgIpc) is 3.57. The quantitative estimate of drug-likeness (QED) is 0.0430. The topological polar surface area (TPSA) is 124 Å². The highest BCUT2D eigenvalue weighted by atomic mass is 32.1. The molecule has 4 rings (SSSR count). The van der Waals surface area contributed by atoms with Gasteiger partial charge in [-0.05, 0) is 68.7 Å². The van der Waals surface area contributed by atoms with Crippen molar-refractivity contribution in [1.29, 1.82) is 0 Å². The lowest BCUT2D eigenvalue weighted by molar-refractivity contribution is -0.132. The Balaban J connectivity index is 1.85. The lowest BCUT2D eigenvalue weighted by Gasteiger charge is -2.24. The number of Topliss-reactive ketones (excluding diaryl/α,β-unsaturated/α-hetero) is 1. The van der Waals surface area contributed by atoms with Crippen LogP contribution in [0.25, 0.3) is 5.76 Å². The molecule has 2 aromatic carbocycles. The van der Waals surface area contributed by atoms with Crippen molar-refractivity contribution in [2.75, 3.05) is 31.3 Å². The third-order valence-corrected chi connectivity index (χ3v) is 8.28. The molecule has 1 unspecified atom stereocenters. The van der Waals surface area contributed by atoms with Crippen molar-refractivity contribution in [3.8, 4) is 17.2 Å². The Morgan fingerprint density at radius 2 is 1.76 bits per heavy atom. The van der Waals surface area contributed by atoms with Gasteiger partial charge in [-0.2, -0.15) is 0 Å². The second-order valence-corrected chi connectivity index (χ2v) is 11.5. The normalized spacial score (nSPS) is 15.6. The molecule has 10 nitrogen and oxygen atoms in total. The molecule has 244 valence electrons. The van der Waals surface area contributed by atoms with Crippen molar-refractivity contribution < 1.29 is 38.4 Å². The summed E-state index contributed by atoms with van der Waals surface area (Å²) in [5, 5.41) is 11.7. The maximum absolute atomic E-state index is 13.7. The molecular formula is C35H40N2O8S. The summed E-state index contributed by atoms with van der Waals surface area (Å²) in [5.41, 5.74) is 1.02. The minimum absolute atomic E-state index is 0.00532. The fourth-order valence-corrected chi connectivity index (χ4v) is 5.91. The van der Waals surface area contributed by atoms with Crippen LogP contribution in [0.3, 0.4) is 0 Å². The van der Waals surface area contributed by atoms with Crippen LogP contribution >= 0.6 is 11.3 Å². The molecule has 1 atom stereocenters. The number of ether oxygens (including phenoxy) is 4. The zero-order chi connectivity index (χ0) is 33.2. The van der Waals surface area contributed by atoms with Crippen molar-refractivity contribution in [3.63, 3.8) is 0 Å². The van der Waals surface area contributed by atoms with E-state index in [-0.39, 0.29) is 27.9 Å². The number of ketones is 1. The summed E-state index contributed by atoms with van der Waals surface area (Å²) >= 11 is 0.928. The van der Waals surface area contributed by atoms with Gasteiger partial charge in [-0.3, -0.25) is 14.5 Å². The summed E-state index contributed by atoms with van der Waals surface area (Å²) in [5.74, 6) is -1.20. The summed E-state index contributed by atoms with van der Waals surface area (Å²) in [7, 11) is 0. The Kier molecular flexibility index (Phi) is 12.0. The van der Waals surface area contributed by atoms with Gasteiger partial charge in [-0.1, -0.05) is 56.7 Å². The summed E-state index contributed by atoms with van der Waals surface area (Å²) in [6.07, 6.45) is 5.24. The number of aryl methyl sites for hydroxylation is 1. The van der Waals surface area contributed by atoms with E-state index in [1.807, 2.05) is 13.8 Å². The molecule has 1 aromatic heterocycles. The number of aromatic nitrogens is 1. The van der Waals surface area contributed by atoms with Crippen LogP contribution < -0.4 is 19.1 Å². The van der Waals surface area contributed by atoms with Gasteiger partial charge < -0.3 is 24.1 Å². The first-order valence-corrected chi connectivity index (χ1v) is 16.3. The highest BCUT2D eigenvalue weighted by molar-refractivity contribution is 7.17. The van der Waals surface area contributed by atoms with Gasteiger partial charge in [-0.25, -0.2) is 9.78 Å². The summed E-state index contributed by atoms with van der Waals surface area (Å²) in [4.78, 5) is 46.1. The fraction of sp³-hybridized carbons (Fsp3) is 0.371. The monoisotopic (exact) mass is 648 g/mol. The SMILES string of the molecule is C=CCOC(=O)c1sc(N2C(=O)C(=O)/C(=C(/O)c3ccc(OCCC)cc3)C2c2ccc(OCCCCC)c(OCC)c2)nc1C. The number of unbranched alkanes of at least 4 members (excludes halogenated alkanes) is 2. The largest absolute Gasteiger partial charge is 0.507 e. The molecule has 0 saturated carbocycles. The smallest absolute Gasteiger partial charge is 0.350 e. The van der Waals surface area contributed by atoms with Crippen LogP contribution in [0.1, 0.15) is 79.0 Å². The predicted octanol–water partition coefficient (Wildman–Crippen LogP) is 7.18. The zero-order valence-electron chi connectivity index (χ0n) is 26.7. The van der Waals surface area contributed by atoms with E-state index >= 15 is 0 Å². The maximum atomic E-state index is 13.7. The number of amides is 1. The van der Waals surface area contributed by atoms with Crippen molar-refractivity contribution in [1.82, 2.24) is 4.98 Å². The third-order valence-electron chi connectivity index (χ3n) is 7.14. The number of anilines is 1. The zero-order valence-corrected chi connectivity index (χ0v) is 27.5. The number of nitrogens with zero attached hydrogens (tertiary/aromatic N) is 2. The minimum atomic E-state index is -1.09. The van der Waals surface area contributed by atoms with Gasteiger partial charge in [0.2, 0.25) is 0 Å². The van der Waals surface area contributed by atoms with Crippen LogP contribution in [0.5, 0.6) is 17.2 Å². The van der Waals surface area contributed by atoms with Crippen LogP contribution in [0.2, 0.25) is 0 Å². The first-order chi connectivity index (χ1) is 22.2. The molecule has 46 heavy (non-hydrogen) atoms. The molecule has 0 aliphatic carbocycles. The summed E-state index contributed by atoms with van der Waals surface area (Å²) < 4.78 is 22.8. The number of hydrogen-bond donors (Lipinski definition) is 1. The molecule has 1 aliphatic rings. The van der Waals surface area contributed by atoms with Crippen molar-refractivity contribution in [2.24, 2.45) is 0 Å². The first-order valence-electron chi connectivity index (χ1n) is 15.4. The van der Waals surface area contributed by atoms with E-state index in [9.17, 15) is 19.5 Å². The number of carbonyl (C=O) groups is 3. The molecule has 1 N–H and O–H groups in total. The Hall–Kier alpha value is -4.64. The lowest BCUT2D eigenvalue weighted by atomic mass is 9.95. The van der Waals surface area contributed by atoms with Gasteiger partial charge in [0.1, 0.15) is 23.0 Å². The molecule has 11 heteroatoms. The molecule has 0 spiro atoms. The summed E-state index contributed by atoms with van der Waals surface area (Å²) in [6.45, 7) is 12.5. The highest BCUT2D eigenvalue weighted by Gasteiger charge is 2.48.